The number of rotatable bonds is 6. The second-order valence-electron chi connectivity index (χ2n) is 6.23. The van der Waals surface area contributed by atoms with Gasteiger partial charge in [-0.2, -0.15) is 0 Å². The van der Waals surface area contributed by atoms with Crippen LogP contribution in [0.25, 0.3) is 0 Å². The number of carbonyl (C=O) groups is 2. The Balaban J connectivity index is 2.98. The number of ether oxygens (including phenoxy) is 1. The van der Waals surface area contributed by atoms with Crippen LogP contribution in [0.5, 0.6) is 5.75 Å². The summed E-state index contributed by atoms with van der Waals surface area (Å²) in [5, 5.41) is 5.74. The molecule has 122 valence electrons. The molecule has 0 fully saturated rings. The van der Waals surface area contributed by atoms with Crippen LogP contribution in [0, 0.1) is 0 Å². The third-order valence-electron chi connectivity index (χ3n) is 2.88. The summed E-state index contributed by atoms with van der Waals surface area (Å²) < 4.78 is 5.60. The van der Waals surface area contributed by atoms with E-state index < -0.39 is 6.04 Å². The summed E-state index contributed by atoms with van der Waals surface area (Å²) in [6.45, 7) is 9.64. The van der Waals surface area contributed by atoms with E-state index in [0.29, 0.717) is 12.4 Å². The minimum Gasteiger partial charge on any atom is -0.494 e. The largest absolute Gasteiger partial charge is 0.494 e. The van der Waals surface area contributed by atoms with E-state index in [1.165, 1.54) is 6.92 Å². The summed E-state index contributed by atoms with van der Waals surface area (Å²) in [6.07, 6.45) is 0.168. The summed E-state index contributed by atoms with van der Waals surface area (Å²) in [4.78, 5) is 23.7. The van der Waals surface area contributed by atoms with Crippen molar-refractivity contribution in [2.45, 2.75) is 52.6 Å². The fraction of sp³-hybridized carbons (Fsp3) is 0.529. The summed E-state index contributed by atoms with van der Waals surface area (Å²) >= 11 is 0. The van der Waals surface area contributed by atoms with Gasteiger partial charge in [-0.05, 0) is 33.8 Å². The Kier molecular flexibility index (Phi) is 6.40. The molecule has 1 rings (SSSR count). The standard InChI is InChI=1S/C17H26N2O3/c1-6-22-15-10-8-7-9-13(15)14(18-12(2)20)11-16(21)19-17(3,4)5/h7-10,14H,6,11H2,1-5H3,(H,18,20)(H,19,21)/t14-/m0/s1. The van der Waals surface area contributed by atoms with Gasteiger partial charge in [-0.25, -0.2) is 0 Å². The number of hydrogen-bond acceptors (Lipinski definition) is 3. The number of para-hydroxylation sites is 1. The number of amides is 2. The molecule has 1 aromatic rings. The van der Waals surface area contributed by atoms with Crippen molar-refractivity contribution in [3.8, 4) is 5.75 Å². The smallest absolute Gasteiger partial charge is 0.222 e. The Morgan fingerprint density at radius 3 is 2.41 bits per heavy atom. The second kappa shape index (κ2) is 7.82. The van der Waals surface area contributed by atoms with Gasteiger partial charge in [0.25, 0.3) is 0 Å². The van der Waals surface area contributed by atoms with Gasteiger partial charge in [-0.15, -0.1) is 0 Å². The molecule has 0 aliphatic rings. The molecule has 22 heavy (non-hydrogen) atoms. The molecule has 0 heterocycles. The van der Waals surface area contributed by atoms with Crippen molar-refractivity contribution in [1.29, 1.82) is 0 Å². The molecule has 0 bridgehead atoms. The molecular weight excluding hydrogens is 280 g/mol. The van der Waals surface area contributed by atoms with Crippen LogP contribution in [0.4, 0.5) is 0 Å². The molecule has 0 radical (unpaired) electrons. The third-order valence-corrected chi connectivity index (χ3v) is 2.88. The van der Waals surface area contributed by atoms with Gasteiger partial charge in [0.2, 0.25) is 11.8 Å². The zero-order chi connectivity index (χ0) is 16.8. The quantitative estimate of drug-likeness (QED) is 0.849. The Morgan fingerprint density at radius 1 is 1.23 bits per heavy atom. The van der Waals surface area contributed by atoms with Crippen LogP contribution >= 0.6 is 0 Å². The zero-order valence-corrected chi connectivity index (χ0v) is 14.0. The lowest BCUT2D eigenvalue weighted by Crippen LogP contribution is -2.42. The summed E-state index contributed by atoms with van der Waals surface area (Å²) in [6, 6.07) is 7.04. The molecule has 0 saturated carbocycles. The average Bonchev–Trinajstić information content (AvgIpc) is 2.36. The van der Waals surface area contributed by atoms with Crippen LogP contribution in [0.15, 0.2) is 24.3 Å². The van der Waals surface area contributed by atoms with E-state index in [2.05, 4.69) is 10.6 Å². The van der Waals surface area contributed by atoms with Gasteiger partial charge in [0.1, 0.15) is 5.75 Å². The maximum Gasteiger partial charge on any atom is 0.222 e. The predicted molar refractivity (Wildman–Crippen MR) is 86.7 cm³/mol. The third kappa shape index (κ3) is 6.16. The fourth-order valence-electron chi connectivity index (χ4n) is 2.19. The van der Waals surface area contributed by atoms with Crippen molar-refractivity contribution >= 4 is 11.8 Å². The van der Waals surface area contributed by atoms with E-state index in [0.717, 1.165) is 5.56 Å². The first-order valence-corrected chi connectivity index (χ1v) is 7.52. The number of hydrogen-bond donors (Lipinski definition) is 2. The van der Waals surface area contributed by atoms with Gasteiger partial charge in [0.05, 0.1) is 19.1 Å². The molecular formula is C17H26N2O3. The molecule has 0 aliphatic heterocycles. The van der Waals surface area contributed by atoms with Gasteiger partial charge in [-0.3, -0.25) is 9.59 Å². The van der Waals surface area contributed by atoms with E-state index in [1.54, 1.807) is 0 Å². The highest BCUT2D eigenvalue weighted by Gasteiger charge is 2.22. The highest BCUT2D eigenvalue weighted by molar-refractivity contribution is 5.79. The molecule has 0 saturated heterocycles. The molecule has 0 aromatic heterocycles. The molecule has 1 atom stereocenters. The lowest BCUT2D eigenvalue weighted by atomic mass is 10.0. The van der Waals surface area contributed by atoms with Gasteiger partial charge in [-0.1, -0.05) is 18.2 Å². The fourth-order valence-corrected chi connectivity index (χ4v) is 2.19. The van der Waals surface area contributed by atoms with Crippen molar-refractivity contribution in [2.75, 3.05) is 6.61 Å². The van der Waals surface area contributed by atoms with Crippen LogP contribution in [0.3, 0.4) is 0 Å². The van der Waals surface area contributed by atoms with Crippen LogP contribution < -0.4 is 15.4 Å². The Hall–Kier alpha value is -2.04. The normalized spacial score (nSPS) is 12.4. The van der Waals surface area contributed by atoms with Crippen molar-refractivity contribution in [3.05, 3.63) is 29.8 Å². The molecule has 1 aromatic carbocycles. The van der Waals surface area contributed by atoms with Crippen LogP contribution in [-0.4, -0.2) is 24.0 Å². The first kappa shape index (κ1) is 18.0. The molecule has 5 heteroatoms. The highest BCUT2D eigenvalue weighted by atomic mass is 16.5. The lowest BCUT2D eigenvalue weighted by molar-refractivity contribution is -0.123. The van der Waals surface area contributed by atoms with Crippen molar-refractivity contribution in [2.24, 2.45) is 0 Å². The van der Waals surface area contributed by atoms with E-state index >= 15 is 0 Å². The summed E-state index contributed by atoms with van der Waals surface area (Å²) in [7, 11) is 0. The van der Waals surface area contributed by atoms with E-state index in [-0.39, 0.29) is 23.8 Å². The molecule has 2 N–H and O–H groups in total. The van der Waals surface area contributed by atoms with Crippen LogP contribution in [-0.2, 0) is 9.59 Å². The van der Waals surface area contributed by atoms with Crippen molar-refractivity contribution in [3.63, 3.8) is 0 Å². The first-order chi connectivity index (χ1) is 10.2. The van der Waals surface area contributed by atoms with Gasteiger partial charge >= 0.3 is 0 Å². The lowest BCUT2D eigenvalue weighted by Gasteiger charge is -2.24. The molecule has 0 unspecified atom stereocenters. The first-order valence-electron chi connectivity index (χ1n) is 7.52. The molecule has 5 nitrogen and oxygen atoms in total. The minimum atomic E-state index is -0.414. The van der Waals surface area contributed by atoms with Crippen molar-refractivity contribution in [1.82, 2.24) is 10.6 Å². The zero-order valence-electron chi connectivity index (χ0n) is 14.0. The number of nitrogens with one attached hydrogen (secondary N) is 2. The Morgan fingerprint density at radius 2 is 1.86 bits per heavy atom. The summed E-state index contributed by atoms with van der Waals surface area (Å²) in [5.41, 5.74) is 0.501. The maximum absolute atomic E-state index is 12.2. The predicted octanol–water partition coefficient (Wildman–Crippen LogP) is 2.57. The molecule has 0 spiro atoms. The van der Waals surface area contributed by atoms with E-state index in [9.17, 15) is 9.59 Å². The second-order valence-corrected chi connectivity index (χ2v) is 6.23. The minimum absolute atomic E-state index is 0.113. The van der Waals surface area contributed by atoms with Crippen molar-refractivity contribution < 1.29 is 14.3 Å². The SMILES string of the molecule is CCOc1ccccc1[C@H](CC(=O)NC(C)(C)C)NC(C)=O. The monoisotopic (exact) mass is 306 g/mol. The Bertz CT molecular complexity index is 521. The number of benzene rings is 1. The van der Waals surface area contributed by atoms with Gasteiger partial charge in [0.15, 0.2) is 0 Å². The topological polar surface area (TPSA) is 67.4 Å². The van der Waals surface area contributed by atoms with Crippen LogP contribution in [0.1, 0.15) is 52.6 Å². The average molecular weight is 306 g/mol. The van der Waals surface area contributed by atoms with E-state index in [4.69, 9.17) is 4.74 Å². The highest BCUT2D eigenvalue weighted by Crippen LogP contribution is 2.27. The number of carbonyl (C=O) groups excluding carboxylic acids is 2. The Labute approximate surface area is 132 Å². The molecule has 0 aliphatic carbocycles. The van der Waals surface area contributed by atoms with Gasteiger partial charge < -0.3 is 15.4 Å². The van der Waals surface area contributed by atoms with Gasteiger partial charge in [0, 0.05) is 18.0 Å². The van der Waals surface area contributed by atoms with Crippen LogP contribution in [0.2, 0.25) is 0 Å². The maximum atomic E-state index is 12.2. The summed E-state index contributed by atoms with van der Waals surface area (Å²) in [5.74, 6) is 0.393. The molecule has 2 amide bonds. The van der Waals surface area contributed by atoms with E-state index in [1.807, 2.05) is 52.0 Å².